The number of hydrogen-bond acceptors (Lipinski definition) is 3. The Labute approximate surface area is 128 Å². The van der Waals surface area contributed by atoms with E-state index in [-0.39, 0.29) is 12.6 Å². The lowest BCUT2D eigenvalue weighted by Gasteiger charge is -2.27. The van der Waals surface area contributed by atoms with E-state index in [0.717, 1.165) is 16.4 Å². The third-order valence-electron chi connectivity index (χ3n) is 3.39. The first-order chi connectivity index (χ1) is 9.54. The average molecular weight is 311 g/mol. The van der Waals surface area contributed by atoms with E-state index in [1.54, 1.807) is 12.3 Å². The van der Waals surface area contributed by atoms with Gasteiger partial charge in [-0.3, -0.25) is 0 Å². The Hall–Kier alpha value is -1.29. The lowest BCUT2D eigenvalue weighted by molar-refractivity contribution is 0.282. The summed E-state index contributed by atoms with van der Waals surface area (Å²) in [6.07, 6.45) is 1.55. The molecule has 1 unspecified atom stereocenters. The van der Waals surface area contributed by atoms with Crippen LogP contribution < -0.4 is 4.90 Å². The highest BCUT2D eigenvalue weighted by atomic mass is 35.5. The predicted molar refractivity (Wildman–Crippen MR) is 83.4 cm³/mol. The predicted octanol–water partition coefficient (Wildman–Crippen LogP) is 4.08. The third-order valence-corrected chi connectivity index (χ3v) is 4.07. The molecule has 1 aromatic heterocycles. The average Bonchev–Trinajstić information content (AvgIpc) is 2.47. The normalized spacial score (nSPS) is 12.2. The van der Waals surface area contributed by atoms with E-state index in [2.05, 4.69) is 11.9 Å². The summed E-state index contributed by atoms with van der Waals surface area (Å²) in [5, 5.41) is 10.5. The first-order valence-electron chi connectivity index (χ1n) is 6.27. The van der Waals surface area contributed by atoms with E-state index in [9.17, 15) is 5.11 Å². The van der Waals surface area contributed by atoms with E-state index < -0.39 is 0 Å². The summed E-state index contributed by atoms with van der Waals surface area (Å²) in [5.41, 5.74) is 1.69. The first-order valence-corrected chi connectivity index (χ1v) is 7.02. The Morgan fingerprint density at radius 2 is 1.95 bits per heavy atom. The fraction of sp³-hybridized carbons (Fsp3) is 0.267. The van der Waals surface area contributed by atoms with Crippen LogP contribution >= 0.6 is 23.2 Å². The van der Waals surface area contributed by atoms with Crippen LogP contribution in [0.15, 0.2) is 36.5 Å². The smallest absolute Gasteiger partial charge is 0.129 e. The number of aromatic nitrogens is 1. The second-order valence-corrected chi connectivity index (χ2v) is 5.41. The Morgan fingerprint density at radius 3 is 2.60 bits per heavy atom. The van der Waals surface area contributed by atoms with Crippen molar-refractivity contribution >= 4 is 29.0 Å². The van der Waals surface area contributed by atoms with Crippen molar-refractivity contribution < 1.29 is 5.11 Å². The van der Waals surface area contributed by atoms with Gasteiger partial charge in [0.15, 0.2) is 0 Å². The molecule has 0 fully saturated rings. The number of rotatable bonds is 4. The molecule has 2 rings (SSSR count). The molecular weight excluding hydrogens is 295 g/mol. The van der Waals surface area contributed by atoms with Gasteiger partial charge in [-0.1, -0.05) is 41.4 Å². The largest absolute Gasteiger partial charge is 0.392 e. The first kappa shape index (κ1) is 15.1. The number of aliphatic hydroxyl groups is 1. The Balaban J connectivity index is 2.31. The highest BCUT2D eigenvalue weighted by Gasteiger charge is 2.16. The SMILES string of the molecule is CC(c1ccccc1Cl)N(C)c1cc(CO)c(Cl)cn1. The number of aliphatic hydroxyl groups excluding tert-OH is 1. The number of nitrogens with zero attached hydrogens (tertiary/aromatic N) is 2. The summed E-state index contributed by atoms with van der Waals surface area (Å²) in [5.74, 6) is 0.742. The fourth-order valence-electron chi connectivity index (χ4n) is 2.00. The molecule has 0 amide bonds. The van der Waals surface area contributed by atoms with Crippen molar-refractivity contribution in [3.63, 3.8) is 0 Å². The van der Waals surface area contributed by atoms with Gasteiger partial charge < -0.3 is 10.0 Å². The molecule has 1 aromatic carbocycles. The van der Waals surface area contributed by atoms with Gasteiger partial charge in [0.2, 0.25) is 0 Å². The van der Waals surface area contributed by atoms with E-state index in [4.69, 9.17) is 23.2 Å². The van der Waals surface area contributed by atoms with Crippen LogP contribution in [0.25, 0.3) is 0 Å². The van der Waals surface area contributed by atoms with Crippen molar-refractivity contribution in [1.82, 2.24) is 4.98 Å². The van der Waals surface area contributed by atoms with Gasteiger partial charge in [0.25, 0.3) is 0 Å². The molecule has 0 aliphatic heterocycles. The van der Waals surface area contributed by atoms with Crippen molar-refractivity contribution in [2.75, 3.05) is 11.9 Å². The van der Waals surface area contributed by atoms with Crippen molar-refractivity contribution in [3.05, 3.63) is 57.7 Å². The van der Waals surface area contributed by atoms with Crippen LogP contribution in [0.3, 0.4) is 0 Å². The van der Waals surface area contributed by atoms with E-state index in [1.807, 2.05) is 36.2 Å². The Morgan fingerprint density at radius 1 is 1.25 bits per heavy atom. The van der Waals surface area contributed by atoms with Crippen molar-refractivity contribution in [1.29, 1.82) is 0 Å². The van der Waals surface area contributed by atoms with Gasteiger partial charge in [0.05, 0.1) is 17.7 Å². The zero-order chi connectivity index (χ0) is 14.7. The zero-order valence-corrected chi connectivity index (χ0v) is 12.9. The van der Waals surface area contributed by atoms with Gasteiger partial charge in [-0.15, -0.1) is 0 Å². The lowest BCUT2D eigenvalue weighted by Crippen LogP contribution is -2.23. The number of anilines is 1. The molecule has 0 bridgehead atoms. The fourth-order valence-corrected chi connectivity index (χ4v) is 2.46. The van der Waals surface area contributed by atoms with Crippen LogP contribution in [0.4, 0.5) is 5.82 Å². The van der Waals surface area contributed by atoms with Crippen LogP contribution in [0, 0.1) is 0 Å². The molecule has 1 atom stereocenters. The summed E-state index contributed by atoms with van der Waals surface area (Å²) >= 11 is 12.2. The summed E-state index contributed by atoms with van der Waals surface area (Å²) < 4.78 is 0. The van der Waals surface area contributed by atoms with E-state index in [0.29, 0.717) is 10.6 Å². The molecule has 0 saturated carbocycles. The van der Waals surface area contributed by atoms with Crippen molar-refractivity contribution in [2.45, 2.75) is 19.6 Å². The second kappa shape index (κ2) is 6.44. The summed E-state index contributed by atoms with van der Waals surface area (Å²) in [6.45, 7) is 1.94. The maximum absolute atomic E-state index is 9.27. The maximum Gasteiger partial charge on any atom is 0.129 e. The monoisotopic (exact) mass is 310 g/mol. The van der Waals surface area contributed by atoms with Gasteiger partial charge in [-0.2, -0.15) is 0 Å². The van der Waals surface area contributed by atoms with Crippen LogP contribution in [0.5, 0.6) is 0 Å². The summed E-state index contributed by atoms with van der Waals surface area (Å²) in [6, 6.07) is 9.57. The van der Waals surface area contributed by atoms with Gasteiger partial charge in [0.1, 0.15) is 5.82 Å². The van der Waals surface area contributed by atoms with Crippen molar-refractivity contribution in [3.8, 4) is 0 Å². The van der Waals surface area contributed by atoms with Crippen LogP contribution in [-0.2, 0) is 6.61 Å². The zero-order valence-electron chi connectivity index (χ0n) is 11.3. The summed E-state index contributed by atoms with van der Waals surface area (Å²) in [4.78, 5) is 6.30. The molecule has 106 valence electrons. The minimum Gasteiger partial charge on any atom is -0.392 e. The molecule has 5 heteroatoms. The molecule has 0 radical (unpaired) electrons. The standard InChI is InChI=1S/C15H16Cl2N2O/c1-10(12-5-3-4-6-13(12)16)19(2)15-7-11(9-20)14(17)8-18-15/h3-8,10,20H,9H2,1-2H3. The highest BCUT2D eigenvalue weighted by molar-refractivity contribution is 6.31. The number of halogens is 2. The third kappa shape index (κ3) is 3.06. The maximum atomic E-state index is 9.27. The number of pyridine rings is 1. The molecule has 0 saturated heterocycles. The molecule has 0 aliphatic rings. The van der Waals surface area contributed by atoms with Crippen LogP contribution in [0.2, 0.25) is 10.0 Å². The minimum atomic E-state index is -0.108. The highest BCUT2D eigenvalue weighted by Crippen LogP contribution is 2.30. The Kier molecular flexibility index (Phi) is 4.86. The Bertz CT molecular complexity index is 604. The number of hydrogen-bond donors (Lipinski definition) is 1. The lowest BCUT2D eigenvalue weighted by atomic mass is 10.1. The van der Waals surface area contributed by atoms with E-state index in [1.165, 1.54) is 0 Å². The topological polar surface area (TPSA) is 36.4 Å². The van der Waals surface area contributed by atoms with Gasteiger partial charge in [-0.05, 0) is 24.6 Å². The molecule has 3 nitrogen and oxygen atoms in total. The minimum absolute atomic E-state index is 0.0592. The van der Waals surface area contributed by atoms with Crippen LogP contribution in [0.1, 0.15) is 24.1 Å². The molecular formula is C15H16Cl2N2O. The van der Waals surface area contributed by atoms with Gasteiger partial charge >= 0.3 is 0 Å². The molecule has 20 heavy (non-hydrogen) atoms. The summed E-state index contributed by atoms with van der Waals surface area (Å²) in [7, 11) is 1.94. The quantitative estimate of drug-likeness (QED) is 0.924. The van der Waals surface area contributed by atoms with Gasteiger partial charge in [0, 0.05) is 23.8 Å². The number of benzene rings is 1. The van der Waals surface area contributed by atoms with Gasteiger partial charge in [-0.25, -0.2) is 4.98 Å². The molecule has 0 spiro atoms. The van der Waals surface area contributed by atoms with Crippen molar-refractivity contribution in [2.24, 2.45) is 0 Å². The molecule has 0 aliphatic carbocycles. The van der Waals surface area contributed by atoms with Crippen LogP contribution in [-0.4, -0.2) is 17.1 Å². The second-order valence-electron chi connectivity index (χ2n) is 4.60. The molecule has 2 aromatic rings. The molecule has 1 heterocycles. The van der Waals surface area contributed by atoms with E-state index >= 15 is 0 Å². The molecule has 1 N–H and O–H groups in total.